The minimum Gasteiger partial charge on any atom is -0.495 e. The zero-order valence-electron chi connectivity index (χ0n) is 15.1. The third-order valence-corrected chi connectivity index (χ3v) is 6.63. The average molecular weight is 405 g/mol. The summed E-state index contributed by atoms with van der Waals surface area (Å²) < 4.78 is 33.1. The number of ether oxygens (including phenoxy) is 1. The second-order valence-corrected chi connectivity index (χ2v) is 8.92. The highest BCUT2D eigenvalue weighted by Gasteiger charge is 2.19. The molecule has 27 heavy (non-hydrogen) atoms. The van der Waals surface area contributed by atoms with Crippen LogP contribution in [0.25, 0.3) is 10.2 Å². The van der Waals surface area contributed by atoms with Gasteiger partial charge in [-0.15, -0.1) is 0 Å². The van der Waals surface area contributed by atoms with E-state index in [1.54, 1.807) is 25.3 Å². The summed E-state index contributed by atoms with van der Waals surface area (Å²) >= 11 is 1.34. The molecule has 3 aromatic rings. The van der Waals surface area contributed by atoms with E-state index in [1.807, 2.05) is 29.7 Å². The fourth-order valence-corrected chi connectivity index (χ4v) is 5.01. The first-order chi connectivity index (χ1) is 13.0. The van der Waals surface area contributed by atoms with Crippen molar-refractivity contribution in [2.75, 3.05) is 12.9 Å². The van der Waals surface area contributed by atoms with E-state index in [2.05, 4.69) is 4.99 Å². The molecular weight excluding hydrogens is 384 g/mol. The predicted molar refractivity (Wildman–Crippen MR) is 106 cm³/mol. The van der Waals surface area contributed by atoms with Gasteiger partial charge in [-0.25, -0.2) is 8.42 Å². The molecule has 1 heterocycles. The number of rotatable bonds is 6. The highest BCUT2D eigenvalue weighted by Crippen LogP contribution is 2.27. The van der Waals surface area contributed by atoms with Crippen LogP contribution in [0, 0.1) is 0 Å². The standard InChI is InChI=1S/C19H20N2O4S2/c1-3-12-21-18-15(25-2)10-7-11-16(18)26-19(21)20-17(22)13-27(23,24)14-8-5-4-6-9-14/h4-11H,3,12-13H2,1-2H3. The Bertz CT molecular complexity index is 1130. The summed E-state index contributed by atoms with van der Waals surface area (Å²) in [5.74, 6) is -0.647. The normalized spacial score (nSPS) is 12.4. The number of para-hydroxylation sites is 1. The molecule has 3 rings (SSSR count). The molecule has 142 valence electrons. The Kier molecular flexibility index (Phi) is 5.76. The van der Waals surface area contributed by atoms with Crippen molar-refractivity contribution in [2.24, 2.45) is 4.99 Å². The molecule has 0 aliphatic carbocycles. The first-order valence-electron chi connectivity index (χ1n) is 8.48. The molecule has 2 aromatic carbocycles. The lowest BCUT2D eigenvalue weighted by Crippen LogP contribution is -2.21. The topological polar surface area (TPSA) is 77.7 Å². The van der Waals surface area contributed by atoms with Gasteiger partial charge >= 0.3 is 0 Å². The number of aryl methyl sites for hydroxylation is 1. The number of nitrogens with zero attached hydrogens (tertiary/aromatic N) is 2. The summed E-state index contributed by atoms with van der Waals surface area (Å²) in [7, 11) is -2.13. The maximum absolute atomic E-state index is 12.4. The number of aromatic nitrogens is 1. The number of methoxy groups -OCH3 is 1. The van der Waals surface area contributed by atoms with E-state index in [0.29, 0.717) is 17.1 Å². The lowest BCUT2D eigenvalue weighted by atomic mass is 10.3. The number of carbonyl (C=O) groups excluding carboxylic acids is 1. The number of benzene rings is 2. The highest BCUT2D eigenvalue weighted by molar-refractivity contribution is 7.92. The van der Waals surface area contributed by atoms with Gasteiger partial charge in [0.05, 0.1) is 16.7 Å². The van der Waals surface area contributed by atoms with E-state index in [9.17, 15) is 13.2 Å². The van der Waals surface area contributed by atoms with Gasteiger partial charge in [0.1, 0.15) is 17.0 Å². The van der Waals surface area contributed by atoms with Crippen LogP contribution in [0.4, 0.5) is 0 Å². The van der Waals surface area contributed by atoms with E-state index in [0.717, 1.165) is 16.6 Å². The Balaban J connectivity index is 2.03. The van der Waals surface area contributed by atoms with Gasteiger partial charge in [-0.1, -0.05) is 42.5 Å². The summed E-state index contributed by atoms with van der Waals surface area (Å²) in [5, 5.41) is 0. The minimum absolute atomic E-state index is 0.119. The van der Waals surface area contributed by atoms with Crippen LogP contribution in [0.2, 0.25) is 0 Å². The molecule has 0 saturated heterocycles. The van der Waals surface area contributed by atoms with Crippen molar-refractivity contribution in [3.63, 3.8) is 0 Å². The fraction of sp³-hybridized carbons (Fsp3) is 0.263. The van der Waals surface area contributed by atoms with Gasteiger partial charge in [0, 0.05) is 6.54 Å². The summed E-state index contributed by atoms with van der Waals surface area (Å²) in [6.45, 7) is 2.68. The van der Waals surface area contributed by atoms with Crippen molar-refractivity contribution in [3.8, 4) is 5.75 Å². The zero-order valence-corrected chi connectivity index (χ0v) is 16.7. The number of hydrogen-bond acceptors (Lipinski definition) is 5. The molecule has 1 amide bonds. The monoisotopic (exact) mass is 404 g/mol. The SMILES string of the molecule is CCCn1c(=NC(=O)CS(=O)(=O)c2ccccc2)sc2cccc(OC)c21. The lowest BCUT2D eigenvalue weighted by molar-refractivity contribution is -0.115. The highest BCUT2D eigenvalue weighted by atomic mass is 32.2. The number of sulfone groups is 1. The molecule has 0 atom stereocenters. The Morgan fingerprint density at radius 3 is 2.56 bits per heavy atom. The Morgan fingerprint density at radius 1 is 1.15 bits per heavy atom. The predicted octanol–water partition coefficient (Wildman–Crippen LogP) is 3.02. The van der Waals surface area contributed by atoms with Crippen LogP contribution in [0.15, 0.2) is 58.4 Å². The van der Waals surface area contributed by atoms with E-state index >= 15 is 0 Å². The van der Waals surface area contributed by atoms with Crippen LogP contribution in [-0.4, -0.2) is 31.8 Å². The smallest absolute Gasteiger partial charge is 0.263 e. The first kappa shape index (κ1) is 19.3. The molecule has 0 bridgehead atoms. The third kappa shape index (κ3) is 4.12. The Labute approximate surface area is 161 Å². The number of thiazole rings is 1. The minimum atomic E-state index is -3.72. The second-order valence-electron chi connectivity index (χ2n) is 5.92. The molecule has 0 radical (unpaired) electrons. The quantitative estimate of drug-likeness (QED) is 0.633. The number of amides is 1. The molecule has 1 aromatic heterocycles. The number of carbonyl (C=O) groups is 1. The molecule has 0 spiro atoms. The van der Waals surface area contributed by atoms with Gasteiger partial charge in [0.2, 0.25) is 0 Å². The van der Waals surface area contributed by atoms with Crippen LogP contribution < -0.4 is 9.54 Å². The van der Waals surface area contributed by atoms with E-state index in [1.165, 1.54) is 23.5 Å². The van der Waals surface area contributed by atoms with Crippen LogP contribution in [0.3, 0.4) is 0 Å². The van der Waals surface area contributed by atoms with Gasteiger partial charge < -0.3 is 9.30 Å². The Morgan fingerprint density at radius 2 is 1.89 bits per heavy atom. The van der Waals surface area contributed by atoms with Gasteiger partial charge in [0.15, 0.2) is 14.6 Å². The first-order valence-corrected chi connectivity index (χ1v) is 10.9. The molecule has 0 saturated carbocycles. The molecule has 0 aliphatic rings. The van der Waals surface area contributed by atoms with E-state index in [-0.39, 0.29) is 4.90 Å². The lowest BCUT2D eigenvalue weighted by Gasteiger charge is -2.07. The van der Waals surface area contributed by atoms with E-state index in [4.69, 9.17) is 4.74 Å². The van der Waals surface area contributed by atoms with Crippen molar-refractivity contribution in [3.05, 3.63) is 53.3 Å². The fourth-order valence-electron chi connectivity index (χ4n) is 2.79. The molecule has 0 fully saturated rings. The molecule has 0 N–H and O–H groups in total. The maximum Gasteiger partial charge on any atom is 0.263 e. The second kappa shape index (κ2) is 8.06. The van der Waals surface area contributed by atoms with Gasteiger partial charge in [-0.2, -0.15) is 4.99 Å². The van der Waals surface area contributed by atoms with Crippen molar-refractivity contribution >= 4 is 37.3 Å². The van der Waals surface area contributed by atoms with Crippen LogP contribution in [0.5, 0.6) is 5.75 Å². The van der Waals surface area contributed by atoms with Gasteiger partial charge in [-0.05, 0) is 30.7 Å². The van der Waals surface area contributed by atoms with Gasteiger partial charge in [-0.3, -0.25) is 4.79 Å². The molecule has 0 aliphatic heterocycles. The molecule has 0 unspecified atom stereocenters. The molecule has 8 heteroatoms. The third-order valence-electron chi connectivity index (χ3n) is 3.97. The molecule has 6 nitrogen and oxygen atoms in total. The number of hydrogen-bond donors (Lipinski definition) is 0. The Hall–Kier alpha value is -2.45. The van der Waals surface area contributed by atoms with Crippen molar-refractivity contribution < 1.29 is 17.9 Å². The zero-order chi connectivity index (χ0) is 19.4. The molecular formula is C19H20N2O4S2. The van der Waals surface area contributed by atoms with Crippen LogP contribution in [0.1, 0.15) is 13.3 Å². The number of fused-ring (bicyclic) bond motifs is 1. The van der Waals surface area contributed by atoms with Gasteiger partial charge in [0.25, 0.3) is 5.91 Å². The van der Waals surface area contributed by atoms with Crippen LogP contribution in [-0.2, 0) is 21.2 Å². The largest absolute Gasteiger partial charge is 0.495 e. The summed E-state index contributed by atoms with van der Waals surface area (Å²) in [4.78, 5) is 17.1. The van der Waals surface area contributed by atoms with Crippen molar-refractivity contribution in [1.82, 2.24) is 4.57 Å². The van der Waals surface area contributed by atoms with E-state index < -0.39 is 21.5 Å². The average Bonchev–Trinajstić information content (AvgIpc) is 2.99. The van der Waals surface area contributed by atoms with Crippen molar-refractivity contribution in [1.29, 1.82) is 0 Å². The van der Waals surface area contributed by atoms with Crippen molar-refractivity contribution in [2.45, 2.75) is 24.8 Å². The summed E-state index contributed by atoms with van der Waals surface area (Å²) in [6, 6.07) is 13.6. The van der Waals surface area contributed by atoms with Crippen LogP contribution >= 0.6 is 11.3 Å². The summed E-state index contributed by atoms with van der Waals surface area (Å²) in [6.07, 6.45) is 0.841. The maximum atomic E-state index is 12.4. The summed E-state index contributed by atoms with van der Waals surface area (Å²) in [5.41, 5.74) is 0.865.